The van der Waals surface area contributed by atoms with Crippen LogP contribution in [-0.2, 0) is 17.9 Å². The summed E-state index contributed by atoms with van der Waals surface area (Å²) in [4.78, 5) is 25.0. The number of hydrogen-bond acceptors (Lipinski definition) is 4. The summed E-state index contributed by atoms with van der Waals surface area (Å²) in [7, 11) is 0. The van der Waals surface area contributed by atoms with Gasteiger partial charge in [-0.2, -0.15) is 5.10 Å². The van der Waals surface area contributed by atoms with Gasteiger partial charge in [0, 0.05) is 24.6 Å². The molecule has 4 aromatic rings. The standard InChI is InChI=1S/C25H22N4O3/c30-24(18-29-15-7-14-27-29)28-20-9-6-8-19(16-20)17-26-25(31)22-12-4-5-13-23(22)32-21-10-2-1-3-11-21/h1-16H,17-18H2,(H,26,31)(H,28,30). The highest BCUT2D eigenvalue weighted by atomic mass is 16.5. The molecule has 0 aliphatic heterocycles. The fraction of sp³-hybridized carbons (Fsp3) is 0.0800. The van der Waals surface area contributed by atoms with Crippen LogP contribution in [0.15, 0.2) is 97.3 Å². The van der Waals surface area contributed by atoms with E-state index in [1.54, 1.807) is 47.4 Å². The maximum Gasteiger partial charge on any atom is 0.255 e. The lowest BCUT2D eigenvalue weighted by Gasteiger charge is -2.12. The maximum absolute atomic E-state index is 12.8. The molecule has 0 atom stereocenters. The highest BCUT2D eigenvalue weighted by molar-refractivity contribution is 5.97. The first-order valence-electron chi connectivity index (χ1n) is 10.1. The highest BCUT2D eigenvalue weighted by Crippen LogP contribution is 2.25. The molecule has 0 spiro atoms. The van der Waals surface area contributed by atoms with Crippen LogP contribution in [0.4, 0.5) is 5.69 Å². The van der Waals surface area contributed by atoms with Crippen LogP contribution in [0.3, 0.4) is 0 Å². The van der Waals surface area contributed by atoms with Crippen molar-refractivity contribution in [2.24, 2.45) is 0 Å². The lowest BCUT2D eigenvalue weighted by Crippen LogP contribution is -2.23. The van der Waals surface area contributed by atoms with Crippen LogP contribution in [0.5, 0.6) is 11.5 Å². The van der Waals surface area contributed by atoms with Gasteiger partial charge in [0.25, 0.3) is 5.91 Å². The number of amides is 2. The van der Waals surface area contributed by atoms with Crippen molar-refractivity contribution in [2.45, 2.75) is 13.1 Å². The Morgan fingerprint density at radius 2 is 1.72 bits per heavy atom. The van der Waals surface area contributed by atoms with Crippen molar-refractivity contribution in [2.75, 3.05) is 5.32 Å². The predicted molar refractivity (Wildman–Crippen MR) is 121 cm³/mol. The number of carbonyl (C=O) groups excluding carboxylic acids is 2. The number of nitrogens with zero attached hydrogens (tertiary/aromatic N) is 2. The Balaban J connectivity index is 1.37. The van der Waals surface area contributed by atoms with E-state index in [-0.39, 0.29) is 18.4 Å². The van der Waals surface area contributed by atoms with E-state index in [2.05, 4.69) is 15.7 Å². The molecule has 1 heterocycles. The number of rotatable bonds is 8. The van der Waals surface area contributed by atoms with Crippen LogP contribution in [-0.4, -0.2) is 21.6 Å². The molecule has 32 heavy (non-hydrogen) atoms. The Hall–Kier alpha value is -4.39. The van der Waals surface area contributed by atoms with Crippen molar-refractivity contribution in [1.82, 2.24) is 15.1 Å². The summed E-state index contributed by atoms with van der Waals surface area (Å²) in [5.41, 5.74) is 1.96. The maximum atomic E-state index is 12.8. The number of hydrogen-bond donors (Lipinski definition) is 2. The molecule has 4 rings (SSSR count). The minimum atomic E-state index is -0.246. The van der Waals surface area contributed by atoms with E-state index >= 15 is 0 Å². The first kappa shape index (κ1) is 20.9. The molecule has 2 amide bonds. The molecule has 0 unspecified atom stereocenters. The summed E-state index contributed by atoms with van der Waals surface area (Å²) >= 11 is 0. The second-order valence-corrected chi connectivity index (χ2v) is 7.05. The van der Waals surface area contributed by atoms with Crippen LogP contribution < -0.4 is 15.4 Å². The number of anilines is 1. The summed E-state index contributed by atoms with van der Waals surface area (Å²) < 4.78 is 7.42. The molecular formula is C25H22N4O3. The minimum Gasteiger partial charge on any atom is -0.457 e. The van der Waals surface area contributed by atoms with Crippen molar-refractivity contribution >= 4 is 17.5 Å². The molecule has 160 valence electrons. The molecule has 0 bridgehead atoms. The SMILES string of the molecule is O=C(Cn1cccn1)Nc1cccc(CNC(=O)c2ccccc2Oc2ccccc2)c1. The zero-order valence-electron chi connectivity index (χ0n) is 17.3. The molecule has 0 saturated heterocycles. The third-order valence-electron chi connectivity index (χ3n) is 4.63. The van der Waals surface area contributed by atoms with Crippen molar-refractivity contribution in [3.05, 3.63) is 108 Å². The lowest BCUT2D eigenvalue weighted by atomic mass is 10.1. The van der Waals surface area contributed by atoms with Gasteiger partial charge in [-0.1, -0.05) is 42.5 Å². The van der Waals surface area contributed by atoms with E-state index in [1.165, 1.54) is 0 Å². The normalized spacial score (nSPS) is 10.4. The molecule has 0 fully saturated rings. The average molecular weight is 426 g/mol. The van der Waals surface area contributed by atoms with E-state index in [1.807, 2.05) is 54.6 Å². The summed E-state index contributed by atoms with van der Waals surface area (Å²) in [6.45, 7) is 0.438. The van der Waals surface area contributed by atoms with Gasteiger partial charge in [0.05, 0.1) is 5.56 Å². The zero-order chi connectivity index (χ0) is 22.2. The number of nitrogens with one attached hydrogen (secondary N) is 2. The lowest BCUT2D eigenvalue weighted by molar-refractivity contribution is -0.116. The third-order valence-corrected chi connectivity index (χ3v) is 4.63. The summed E-state index contributed by atoms with van der Waals surface area (Å²) in [5.74, 6) is 0.716. The van der Waals surface area contributed by atoms with E-state index in [0.29, 0.717) is 29.3 Å². The summed E-state index contributed by atoms with van der Waals surface area (Å²) in [6.07, 6.45) is 3.35. The number of ether oxygens (including phenoxy) is 1. The Morgan fingerprint density at radius 1 is 0.906 bits per heavy atom. The van der Waals surface area contributed by atoms with E-state index in [0.717, 1.165) is 5.56 Å². The second kappa shape index (κ2) is 10.1. The van der Waals surface area contributed by atoms with Gasteiger partial charge in [0.2, 0.25) is 5.91 Å². The van der Waals surface area contributed by atoms with Gasteiger partial charge in [-0.15, -0.1) is 0 Å². The van der Waals surface area contributed by atoms with Gasteiger partial charge in [0.1, 0.15) is 18.0 Å². The minimum absolute atomic E-state index is 0.131. The molecule has 2 N–H and O–H groups in total. The number of carbonyl (C=O) groups is 2. The van der Waals surface area contributed by atoms with Crippen LogP contribution in [0.25, 0.3) is 0 Å². The topological polar surface area (TPSA) is 85.3 Å². The van der Waals surface area contributed by atoms with Gasteiger partial charge in [-0.25, -0.2) is 0 Å². The molecule has 0 radical (unpaired) electrons. The predicted octanol–water partition coefficient (Wildman–Crippen LogP) is 4.24. The Bertz CT molecular complexity index is 1190. The average Bonchev–Trinajstić information content (AvgIpc) is 3.32. The highest BCUT2D eigenvalue weighted by Gasteiger charge is 2.13. The van der Waals surface area contributed by atoms with E-state index < -0.39 is 0 Å². The Morgan fingerprint density at radius 3 is 2.53 bits per heavy atom. The Kier molecular flexibility index (Phi) is 6.57. The number of para-hydroxylation sites is 2. The molecule has 7 heteroatoms. The summed E-state index contributed by atoms with van der Waals surface area (Å²) in [5, 5.41) is 9.78. The smallest absolute Gasteiger partial charge is 0.255 e. The van der Waals surface area contributed by atoms with Crippen LogP contribution in [0.2, 0.25) is 0 Å². The molecule has 0 saturated carbocycles. The molecule has 1 aromatic heterocycles. The van der Waals surface area contributed by atoms with Gasteiger partial charge in [-0.05, 0) is 48.0 Å². The van der Waals surface area contributed by atoms with E-state index in [9.17, 15) is 9.59 Å². The quantitative estimate of drug-likeness (QED) is 0.441. The number of benzene rings is 3. The van der Waals surface area contributed by atoms with Gasteiger partial charge in [0.15, 0.2) is 0 Å². The molecule has 0 aliphatic carbocycles. The van der Waals surface area contributed by atoms with Crippen LogP contribution >= 0.6 is 0 Å². The fourth-order valence-corrected chi connectivity index (χ4v) is 3.14. The third kappa shape index (κ3) is 5.60. The first-order chi connectivity index (χ1) is 15.7. The second-order valence-electron chi connectivity index (χ2n) is 7.05. The monoisotopic (exact) mass is 426 g/mol. The fourth-order valence-electron chi connectivity index (χ4n) is 3.14. The Labute approximate surface area is 185 Å². The molecule has 7 nitrogen and oxygen atoms in total. The van der Waals surface area contributed by atoms with Crippen molar-refractivity contribution in [3.63, 3.8) is 0 Å². The van der Waals surface area contributed by atoms with Gasteiger partial charge >= 0.3 is 0 Å². The largest absolute Gasteiger partial charge is 0.457 e. The molecular weight excluding hydrogens is 404 g/mol. The molecule has 0 aliphatic rings. The van der Waals surface area contributed by atoms with Crippen LogP contribution in [0, 0.1) is 0 Å². The van der Waals surface area contributed by atoms with Crippen LogP contribution in [0.1, 0.15) is 15.9 Å². The van der Waals surface area contributed by atoms with Crippen molar-refractivity contribution in [1.29, 1.82) is 0 Å². The van der Waals surface area contributed by atoms with Gasteiger partial charge in [-0.3, -0.25) is 14.3 Å². The van der Waals surface area contributed by atoms with E-state index in [4.69, 9.17) is 4.74 Å². The number of aromatic nitrogens is 2. The summed E-state index contributed by atoms with van der Waals surface area (Å²) in [6, 6.07) is 25.5. The first-order valence-corrected chi connectivity index (χ1v) is 10.1. The zero-order valence-corrected chi connectivity index (χ0v) is 17.3. The van der Waals surface area contributed by atoms with Gasteiger partial charge < -0.3 is 15.4 Å². The molecule has 3 aromatic carbocycles. The van der Waals surface area contributed by atoms with Crippen molar-refractivity contribution < 1.29 is 14.3 Å². The van der Waals surface area contributed by atoms with Crippen molar-refractivity contribution in [3.8, 4) is 11.5 Å².